The molecule has 0 fully saturated rings. The molecule has 0 aromatic carbocycles. The highest BCUT2D eigenvalue weighted by Crippen LogP contribution is 2.14. The molecular weight excluding hydrogens is 162 g/mol. The molecule has 0 rings (SSSR count). The molecule has 1 unspecified atom stereocenters. The SMILES string of the molecule is CC(C)N(C(C)C)C(C)CCCO. The molecule has 0 aromatic heterocycles. The summed E-state index contributed by atoms with van der Waals surface area (Å²) in [6.45, 7) is 11.5. The molecule has 0 aromatic rings. The van der Waals surface area contributed by atoms with E-state index in [0.717, 1.165) is 12.8 Å². The zero-order valence-corrected chi connectivity index (χ0v) is 9.75. The molecule has 1 atom stereocenters. The summed E-state index contributed by atoms with van der Waals surface area (Å²) in [4.78, 5) is 2.50. The number of hydrogen-bond acceptors (Lipinski definition) is 2. The Hall–Kier alpha value is -0.0800. The maximum Gasteiger partial charge on any atom is 0.0431 e. The van der Waals surface area contributed by atoms with Crippen LogP contribution in [0.1, 0.15) is 47.5 Å². The van der Waals surface area contributed by atoms with E-state index in [2.05, 4.69) is 39.5 Å². The van der Waals surface area contributed by atoms with Crippen molar-refractivity contribution >= 4 is 0 Å². The van der Waals surface area contributed by atoms with Crippen LogP contribution < -0.4 is 0 Å². The van der Waals surface area contributed by atoms with Gasteiger partial charge < -0.3 is 5.11 Å². The second-order valence-corrected chi connectivity index (χ2v) is 4.35. The van der Waals surface area contributed by atoms with Gasteiger partial charge in [-0.15, -0.1) is 0 Å². The van der Waals surface area contributed by atoms with Crippen LogP contribution in [0.5, 0.6) is 0 Å². The van der Waals surface area contributed by atoms with Crippen LogP contribution in [0, 0.1) is 0 Å². The third kappa shape index (κ3) is 4.63. The highest BCUT2D eigenvalue weighted by molar-refractivity contribution is 4.74. The summed E-state index contributed by atoms with van der Waals surface area (Å²) in [6.07, 6.45) is 2.00. The van der Waals surface area contributed by atoms with Crippen LogP contribution in [-0.2, 0) is 0 Å². The van der Waals surface area contributed by atoms with Gasteiger partial charge in [-0.3, -0.25) is 4.90 Å². The Labute approximate surface area is 82.9 Å². The maximum absolute atomic E-state index is 8.76. The molecule has 0 saturated heterocycles. The molecule has 0 radical (unpaired) electrons. The number of hydrogen-bond donors (Lipinski definition) is 1. The Bertz CT molecular complexity index is 115. The van der Waals surface area contributed by atoms with Gasteiger partial charge in [0, 0.05) is 24.7 Å². The molecule has 13 heavy (non-hydrogen) atoms. The van der Waals surface area contributed by atoms with Crippen molar-refractivity contribution in [2.24, 2.45) is 0 Å². The Morgan fingerprint density at radius 3 is 1.77 bits per heavy atom. The highest BCUT2D eigenvalue weighted by Gasteiger charge is 2.19. The number of rotatable bonds is 6. The van der Waals surface area contributed by atoms with Gasteiger partial charge in [-0.2, -0.15) is 0 Å². The first-order valence-corrected chi connectivity index (χ1v) is 5.39. The van der Waals surface area contributed by atoms with Crippen LogP contribution >= 0.6 is 0 Å². The molecule has 2 nitrogen and oxygen atoms in total. The fourth-order valence-corrected chi connectivity index (χ4v) is 2.15. The van der Waals surface area contributed by atoms with Crippen LogP contribution in [0.15, 0.2) is 0 Å². The number of nitrogens with zero attached hydrogens (tertiary/aromatic N) is 1. The van der Waals surface area contributed by atoms with Crippen molar-refractivity contribution in [2.75, 3.05) is 6.61 Å². The molecule has 0 bridgehead atoms. The molecule has 0 aliphatic rings. The fourth-order valence-electron chi connectivity index (χ4n) is 2.15. The van der Waals surface area contributed by atoms with Gasteiger partial charge in [0.25, 0.3) is 0 Å². The molecule has 1 N–H and O–H groups in total. The normalized spacial score (nSPS) is 14.5. The molecule has 80 valence electrons. The van der Waals surface area contributed by atoms with Gasteiger partial charge in [0.2, 0.25) is 0 Å². The third-order valence-corrected chi connectivity index (χ3v) is 2.48. The Kier molecular flexibility index (Phi) is 6.35. The van der Waals surface area contributed by atoms with Crippen LogP contribution in [0.2, 0.25) is 0 Å². The summed E-state index contributed by atoms with van der Waals surface area (Å²) in [5.41, 5.74) is 0. The zero-order valence-electron chi connectivity index (χ0n) is 9.75. The van der Waals surface area contributed by atoms with Crippen molar-refractivity contribution in [2.45, 2.75) is 65.6 Å². The fraction of sp³-hybridized carbons (Fsp3) is 1.00. The number of aliphatic hydroxyl groups is 1. The van der Waals surface area contributed by atoms with E-state index < -0.39 is 0 Å². The monoisotopic (exact) mass is 187 g/mol. The average Bonchev–Trinajstić information content (AvgIpc) is 1.99. The quantitative estimate of drug-likeness (QED) is 0.689. The lowest BCUT2D eigenvalue weighted by atomic mass is 10.1. The van der Waals surface area contributed by atoms with E-state index in [1.807, 2.05) is 0 Å². The molecule has 0 saturated carbocycles. The minimum absolute atomic E-state index is 0.314. The van der Waals surface area contributed by atoms with Gasteiger partial charge in [0.1, 0.15) is 0 Å². The van der Waals surface area contributed by atoms with E-state index in [9.17, 15) is 0 Å². The second kappa shape index (κ2) is 6.39. The van der Waals surface area contributed by atoms with Crippen molar-refractivity contribution in [1.29, 1.82) is 0 Å². The number of aliphatic hydroxyl groups excluding tert-OH is 1. The van der Waals surface area contributed by atoms with Crippen molar-refractivity contribution in [1.82, 2.24) is 4.90 Å². The Morgan fingerprint density at radius 2 is 1.46 bits per heavy atom. The van der Waals surface area contributed by atoms with Crippen LogP contribution in [0.4, 0.5) is 0 Å². The van der Waals surface area contributed by atoms with E-state index >= 15 is 0 Å². The lowest BCUT2D eigenvalue weighted by Crippen LogP contribution is -2.43. The molecule has 0 heterocycles. The first-order valence-electron chi connectivity index (χ1n) is 5.39. The van der Waals surface area contributed by atoms with Crippen molar-refractivity contribution in [3.05, 3.63) is 0 Å². The lowest BCUT2D eigenvalue weighted by molar-refractivity contribution is 0.110. The first kappa shape index (κ1) is 12.9. The zero-order chi connectivity index (χ0) is 10.4. The van der Waals surface area contributed by atoms with Crippen LogP contribution in [-0.4, -0.2) is 34.7 Å². The van der Waals surface area contributed by atoms with E-state index in [1.165, 1.54) is 0 Å². The summed E-state index contributed by atoms with van der Waals surface area (Å²) >= 11 is 0. The molecule has 0 aliphatic heterocycles. The standard InChI is InChI=1S/C11H25NO/c1-9(2)12(10(3)4)11(5)7-6-8-13/h9-11,13H,6-8H2,1-5H3. The van der Waals surface area contributed by atoms with Gasteiger partial charge in [-0.1, -0.05) is 0 Å². The summed E-state index contributed by atoms with van der Waals surface area (Å²) in [7, 11) is 0. The smallest absolute Gasteiger partial charge is 0.0431 e. The van der Waals surface area contributed by atoms with Crippen LogP contribution in [0.3, 0.4) is 0 Å². The summed E-state index contributed by atoms with van der Waals surface area (Å²) < 4.78 is 0. The van der Waals surface area contributed by atoms with E-state index in [0.29, 0.717) is 24.7 Å². The summed E-state index contributed by atoms with van der Waals surface area (Å²) in [5.74, 6) is 0. The van der Waals surface area contributed by atoms with Crippen molar-refractivity contribution in [3.63, 3.8) is 0 Å². The first-order chi connectivity index (χ1) is 6.00. The summed E-state index contributed by atoms with van der Waals surface area (Å²) in [6, 6.07) is 1.76. The molecule has 0 aliphatic carbocycles. The predicted molar refractivity (Wildman–Crippen MR) is 57.9 cm³/mol. The van der Waals surface area contributed by atoms with E-state index in [4.69, 9.17) is 5.11 Å². The third-order valence-electron chi connectivity index (χ3n) is 2.48. The van der Waals surface area contributed by atoms with Crippen molar-refractivity contribution < 1.29 is 5.11 Å². The molecule has 0 amide bonds. The van der Waals surface area contributed by atoms with Crippen molar-refractivity contribution in [3.8, 4) is 0 Å². The minimum Gasteiger partial charge on any atom is -0.396 e. The topological polar surface area (TPSA) is 23.5 Å². The lowest BCUT2D eigenvalue weighted by Gasteiger charge is -2.36. The van der Waals surface area contributed by atoms with Gasteiger partial charge in [0.05, 0.1) is 0 Å². The van der Waals surface area contributed by atoms with Gasteiger partial charge in [-0.25, -0.2) is 0 Å². The van der Waals surface area contributed by atoms with Crippen LogP contribution in [0.25, 0.3) is 0 Å². The minimum atomic E-state index is 0.314. The highest BCUT2D eigenvalue weighted by atomic mass is 16.2. The average molecular weight is 187 g/mol. The molecule has 2 heteroatoms. The molecule has 0 spiro atoms. The Balaban J connectivity index is 4.04. The van der Waals surface area contributed by atoms with Gasteiger partial charge in [0.15, 0.2) is 0 Å². The second-order valence-electron chi connectivity index (χ2n) is 4.35. The molecular formula is C11H25NO. The van der Waals surface area contributed by atoms with E-state index in [-0.39, 0.29) is 0 Å². The predicted octanol–water partition coefficient (Wildman–Crippen LogP) is 2.27. The van der Waals surface area contributed by atoms with Gasteiger partial charge >= 0.3 is 0 Å². The Morgan fingerprint density at radius 1 is 1.00 bits per heavy atom. The van der Waals surface area contributed by atoms with E-state index in [1.54, 1.807) is 0 Å². The summed E-state index contributed by atoms with van der Waals surface area (Å²) in [5, 5.41) is 8.76. The van der Waals surface area contributed by atoms with Gasteiger partial charge in [-0.05, 0) is 47.5 Å². The maximum atomic E-state index is 8.76. The largest absolute Gasteiger partial charge is 0.396 e.